The summed E-state index contributed by atoms with van der Waals surface area (Å²) in [6.07, 6.45) is 2.36. The molecular weight excluding hydrogens is 256 g/mol. The van der Waals surface area contributed by atoms with Gasteiger partial charge in [-0.15, -0.1) is 0 Å². The first-order valence-corrected chi connectivity index (χ1v) is 6.45. The molecule has 0 spiro atoms. The highest BCUT2D eigenvalue weighted by Crippen LogP contribution is 2.30. The van der Waals surface area contributed by atoms with Crippen molar-refractivity contribution in [3.8, 4) is 11.8 Å². The lowest BCUT2D eigenvalue weighted by atomic mass is 9.98. The highest BCUT2D eigenvalue weighted by Gasteiger charge is 2.12. The van der Waals surface area contributed by atoms with Gasteiger partial charge in [0.15, 0.2) is 5.69 Å². The minimum Gasteiger partial charge on any atom is -0.477 e. The van der Waals surface area contributed by atoms with E-state index in [0.717, 1.165) is 12.0 Å². The van der Waals surface area contributed by atoms with Crippen LogP contribution in [0.4, 0.5) is 0 Å². The molecule has 0 aliphatic rings. The van der Waals surface area contributed by atoms with E-state index in [2.05, 4.69) is 23.8 Å². The molecule has 0 saturated carbocycles. The summed E-state index contributed by atoms with van der Waals surface area (Å²) >= 11 is 0. The van der Waals surface area contributed by atoms with E-state index in [4.69, 9.17) is 9.84 Å². The molecule has 2 rings (SSSR count). The number of aromatic nitrogens is 2. The van der Waals surface area contributed by atoms with Crippen molar-refractivity contribution in [1.29, 1.82) is 0 Å². The van der Waals surface area contributed by atoms with Crippen LogP contribution in [0.25, 0.3) is 0 Å². The van der Waals surface area contributed by atoms with E-state index in [0.29, 0.717) is 11.7 Å². The largest absolute Gasteiger partial charge is 0.477 e. The van der Waals surface area contributed by atoms with Crippen LogP contribution in [0.2, 0.25) is 0 Å². The summed E-state index contributed by atoms with van der Waals surface area (Å²) in [5, 5.41) is 8.91. The molecule has 5 heteroatoms. The quantitative estimate of drug-likeness (QED) is 0.902. The first-order valence-electron chi connectivity index (χ1n) is 6.45. The molecule has 0 aliphatic heterocycles. The van der Waals surface area contributed by atoms with E-state index >= 15 is 0 Å². The summed E-state index contributed by atoms with van der Waals surface area (Å²) in [6.45, 7) is 4.21. The van der Waals surface area contributed by atoms with Crippen LogP contribution in [0.1, 0.15) is 42.2 Å². The molecule has 1 unspecified atom stereocenters. The van der Waals surface area contributed by atoms with Crippen molar-refractivity contribution in [2.24, 2.45) is 0 Å². The first-order chi connectivity index (χ1) is 9.61. The zero-order valence-corrected chi connectivity index (χ0v) is 11.4. The molecule has 2 aromatic rings. The Morgan fingerprint density at radius 2 is 2.10 bits per heavy atom. The van der Waals surface area contributed by atoms with Gasteiger partial charge < -0.3 is 9.84 Å². The average molecular weight is 272 g/mol. The minimum atomic E-state index is -1.10. The number of ether oxygens (including phenoxy) is 1. The van der Waals surface area contributed by atoms with Crippen LogP contribution in [0, 0.1) is 0 Å². The van der Waals surface area contributed by atoms with Gasteiger partial charge in [0.05, 0.1) is 0 Å². The van der Waals surface area contributed by atoms with Gasteiger partial charge in [0.2, 0.25) is 0 Å². The van der Waals surface area contributed by atoms with E-state index in [9.17, 15) is 4.79 Å². The molecule has 1 atom stereocenters. The zero-order valence-electron chi connectivity index (χ0n) is 11.4. The summed E-state index contributed by atoms with van der Waals surface area (Å²) in [5.41, 5.74) is 0.968. The predicted octanol–water partition coefficient (Wildman–Crippen LogP) is 3.48. The number of aromatic carboxylic acids is 1. The summed E-state index contributed by atoms with van der Waals surface area (Å²) in [5.74, 6) is -0.106. The molecule has 0 radical (unpaired) electrons. The fraction of sp³-hybridized carbons (Fsp3) is 0.267. The third-order valence-electron chi connectivity index (χ3n) is 3.12. The number of hydrogen-bond acceptors (Lipinski definition) is 4. The van der Waals surface area contributed by atoms with Crippen molar-refractivity contribution in [3.05, 3.63) is 47.8 Å². The number of hydrogen-bond donors (Lipinski definition) is 1. The second-order valence-corrected chi connectivity index (χ2v) is 4.48. The van der Waals surface area contributed by atoms with Crippen LogP contribution in [-0.4, -0.2) is 21.0 Å². The van der Waals surface area contributed by atoms with Gasteiger partial charge in [-0.2, -0.15) is 4.98 Å². The van der Waals surface area contributed by atoms with Crippen molar-refractivity contribution in [1.82, 2.24) is 9.97 Å². The lowest BCUT2D eigenvalue weighted by molar-refractivity contribution is 0.0689. The second-order valence-electron chi connectivity index (χ2n) is 4.48. The second kappa shape index (κ2) is 6.14. The van der Waals surface area contributed by atoms with Crippen molar-refractivity contribution < 1.29 is 14.6 Å². The summed E-state index contributed by atoms with van der Waals surface area (Å²) in [7, 11) is 0. The van der Waals surface area contributed by atoms with E-state index in [-0.39, 0.29) is 11.7 Å². The third kappa shape index (κ3) is 3.12. The van der Waals surface area contributed by atoms with Gasteiger partial charge in [-0.05, 0) is 30.0 Å². The molecule has 0 bridgehead atoms. The zero-order chi connectivity index (χ0) is 14.5. The Kier molecular flexibility index (Phi) is 4.30. The molecule has 20 heavy (non-hydrogen) atoms. The Morgan fingerprint density at radius 1 is 1.35 bits per heavy atom. The molecule has 1 N–H and O–H groups in total. The number of para-hydroxylation sites is 1. The van der Waals surface area contributed by atoms with Crippen LogP contribution < -0.4 is 4.74 Å². The normalized spacial score (nSPS) is 11.9. The number of carboxylic acid groups (broad SMARTS) is 1. The molecule has 0 fully saturated rings. The number of carboxylic acids is 1. The number of benzene rings is 1. The molecule has 0 saturated heterocycles. The topological polar surface area (TPSA) is 72.3 Å². The van der Waals surface area contributed by atoms with Gasteiger partial charge in [-0.3, -0.25) is 0 Å². The standard InChI is InChI=1S/C15H16N2O3/c1-3-10(2)11-6-4-5-7-13(11)20-15-16-9-8-12(17-15)14(18)19/h4-10H,3H2,1-2H3,(H,18,19). The van der Waals surface area contributed by atoms with Gasteiger partial charge in [0, 0.05) is 6.20 Å². The molecule has 1 aromatic heterocycles. The van der Waals surface area contributed by atoms with Crippen LogP contribution in [0.5, 0.6) is 11.8 Å². The average Bonchev–Trinajstić information content (AvgIpc) is 2.47. The monoisotopic (exact) mass is 272 g/mol. The minimum absolute atomic E-state index is 0.0423. The molecule has 0 amide bonds. The Hall–Kier alpha value is -2.43. The Balaban J connectivity index is 2.30. The van der Waals surface area contributed by atoms with Crippen molar-refractivity contribution >= 4 is 5.97 Å². The summed E-state index contributed by atoms with van der Waals surface area (Å²) in [6, 6.07) is 9.00. The van der Waals surface area contributed by atoms with E-state index in [1.807, 2.05) is 24.3 Å². The Morgan fingerprint density at radius 3 is 2.80 bits per heavy atom. The Labute approximate surface area is 117 Å². The highest BCUT2D eigenvalue weighted by molar-refractivity contribution is 5.85. The molecule has 1 heterocycles. The van der Waals surface area contributed by atoms with E-state index in [1.54, 1.807) is 0 Å². The van der Waals surface area contributed by atoms with Crippen molar-refractivity contribution in [2.45, 2.75) is 26.2 Å². The summed E-state index contributed by atoms with van der Waals surface area (Å²) in [4.78, 5) is 18.7. The first kappa shape index (κ1) is 14.0. The van der Waals surface area contributed by atoms with Gasteiger partial charge in [-0.1, -0.05) is 32.0 Å². The fourth-order valence-corrected chi connectivity index (χ4v) is 1.81. The Bertz CT molecular complexity index is 614. The lowest BCUT2D eigenvalue weighted by Gasteiger charge is -2.14. The van der Waals surface area contributed by atoms with E-state index < -0.39 is 5.97 Å². The van der Waals surface area contributed by atoms with Crippen LogP contribution >= 0.6 is 0 Å². The number of nitrogens with zero attached hydrogens (tertiary/aromatic N) is 2. The smallest absolute Gasteiger partial charge is 0.354 e. The van der Waals surface area contributed by atoms with Crippen molar-refractivity contribution in [2.75, 3.05) is 0 Å². The maximum atomic E-state index is 10.9. The molecular formula is C15H16N2O3. The van der Waals surface area contributed by atoms with Crippen LogP contribution in [-0.2, 0) is 0 Å². The lowest BCUT2D eigenvalue weighted by Crippen LogP contribution is -2.03. The van der Waals surface area contributed by atoms with Gasteiger partial charge in [-0.25, -0.2) is 9.78 Å². The van der Waals surface area contributed by atoms with Crippen molar-refractivity contribution in [3.63, 3.8) is 0 Å². The maximum absolute atomic E-state index is 10.9. The van der Waals surface area contributed by atoms with Crippen LogP contribution in [0.15, 0.2) is 36.5 Å². The van der Waals surface area contributed by atoms with Gasteiger partial charge >= 0.3 is 12.0 Å². The highest BCUT2D eigenvalue weighted by atomic mass is 16.5. The van der Waals surface area contributed by atoms with Gasteiger partial charge in [0.25, 0.3) is 0 Å². The fourth-order valence-electron chi connectivity index (χ4n) is 1.81. The third-order valence-corrected chi connectivity index (χ3v) is 3.12. The molecule has 5 nitrogen and oxygen atoms in total. The van der Waals surface area contributed by atoms with Crippen LogP contribution in [0.3, 0.4) is 0 Å². The molecule has 104 valence electrons. The molecule has 0 aliphatic carbocycles. The number of rotatable bonds is 5. The SMILES string of the molecule is CCC(C)c1ccccc1Oc1nccc(C(=O)O)n1. The van der Waals surface area contributed by atoms with Gasteiger partial charge in [0.1, 0.15) is 5.75 Å². The maximum Gasteiger partial charge on any atom is 0.354 e. The summed E-state index contributed by atoms with van der Waals surface area (Å²) < 4.78 is 5.64. The van der Waals surface area contributed by atoms with E-state index in [1.165, 1.54) is 12.3 Å². The number of carbonyl (C=O) groups is 1. The predicted molar refractivity (Wildman–Crippen MR) is 74.2 cm³/mol. The molecule has 1 aromatic carbocycles.